The Morgan fingerprint density at radius 2 is 2.17 bits per heavy atom. The molecule has 12 heavy (non-hydrogen) atoms. The molecule has 0 radical (unpaired) electrons. The molecule has 0 rings (SSSR count). The molecule has 0 unspecified atom stereocenters. The number of hydrogen-bond acceptors (Lipinski definition) is 2. The van der Waals surface area contributed by atoms with Crippen molar-refractivity contribution in [3.8, 4) is 0 Å². The highest BCUT2D eigenvalue weighted by molar-refractivity contribution is 4.53. The molecule has 0 atom stereocenters. The molecule has 0 aliphatic heterocycles. The fraction of sp³-hybridized carbons (Fsp3) is 0.800. The lowest BCUT2D eigenvalue weighted by Gasteiger charge is -2.06. The van der Waals surface area contributed by atoms with Crippen molar-refractivity contribution in [3.63, 3.8) is 0 Å². The highest BCUT2D eigenvalue weighted by atomic mass is 16.5. The van der Waals surface area contributed by atoms with Gasteiger partial charge in [0.25, 0.3) is 0 Å². The Kier molecular flexibility index (Phi) is 8.24. The molecule has 0 aromatic carbocycles. The molecule has 0 saturated heterocycles. The van der Waals surface area contributed by atoms with E-state index in [-0.39, 0.29) is 0 Å². The quantitative estimate of drug-likeness (QED) is 0.446. The standard InChI is InChI=1S/C10H21NO/c1-4-12-9-5-7-11-8-6-10(2)3/h4,10-11H,1,5-9H2,2-3H3. The van der Waals surface area contributed by atoms with Crippen LogP contribution in [0.1, 0.15) is 26.7 Å². The molecule has 0 aromatic heterocycles. The summed E-state index contributed by atoms with van der Waals surface area (Å²) in [5.41, 5.74) is 0. The maximum absolute atomic E-state index is 4.99. The van der Waals surface area contributed by atoms with Gasteiger partial charge in [0.15, 0.2) is 0 Å². The molecule has 0 aliphatic rings. The van der Waals surface area contributed by atoms with Crippen LogP contribution in [0.2, 0.25) is 0 Å². The van der Waals surface area contributed by atoms with Crippen molar-refractivity contribution in [2.75, 3.05) is 19.7 Å². The van der Waals surface area contributed by atoms with E-state index < -0.39 is 0 Å². The van der Waals surface area contributed by atoms with Crippen molar-refractivity contribution in [2.45, 2.75) is 26.7 Å². The van der Waals surface area contributed by atoms with E-state index in [1.807, 2.05) is 0 Å². The van der Waals surface area contributed by atoms with E-state index in [4.69, 9.17) is 4.74 Å². The van der Waals surface area contributed by atoms with Gasteiger partial charge in [0.1, 0.15) is 0 Å². The minimum Gasteiger partial charge on any atom is -0.502 e. The first-order valence-corrected chi connectivity index (χ1v) is 4.70. The van der Waals surface area contributed by atoms with Crippen LogP contribution in [-0.2, 0) is 4.74 Å². The third kappa shape index (κ3) is 9.50. The van der Waals surface area contributed by atoms with Crippen LogP contribution in [-0.4, -0.2) is 19.7 Å². The topological polar surface area (TPSA) is 21.3 Å². The minimum absolute atomic E-state index is 0.776. The van der Waals surface area contributed by atoms with Crippen molar-refractivity contribution in [2.24, 2.45) is 5.92 Å². The van der Waals surface area contributed by atoms with Gasteiger partial charge < -0.3 is 10.1 Å². The van der Waals surface area contributed by atoms with Crippen LogP contribution in [0.5, 0.6) is 0 Å². The molecule has 0 spiro atoms. The minimum atomic E-state index is 0.776. The van der Waals surface area contributed by atoms with Crippen LogP contribution in [0.15, 0.2) is 12.8 Å². The predicted octanol–water partition coefficient (Wildman–Crippen LogP) is 2.17. The molecular formula is C10H21NO. The molecule has 0 heterocycles. The second-order valence-electron chi connectivity index (χ2n) is 3.32. The van der Waals surface area contributed by atoms with E-state index in [9.17, 15) is 0 Å². The Bertz CT molecular complexity index is 102. The van der Waals surface area contributed by atoms with Gasteiger partial charge >= 0.3 is 0 Å². The summed E-state index contributed by atoms with van der Waals surface area (Å²) in [5, 5.41) is 3.36. The van der Waals surface area contributed by atoms with Crippen LogP contribution < -0.4 is 5.32 Å². The normalized spacial score (nSPS) is 10.2. The summed E-state index contributed by atoms with van der Waals surface area (Å²) in [6.45, 7) is 10.9. The first kappa shape index (κ1) is 11.5. The fourth-order valence-electron chi connectivity index (χ4n) is 0.880. The lowest BCUT2D eigenvalue weighted by Crippen LogP contribution is -2.19. The summed E-state index contributed by atoms with van der Waals surface area (Å²) < 4.78 is 4.99. The van der Waals surface area contributed by atoms with Crippen LogP contribution in [0, 0.1) is 5.92 Å². The van der Waals surface area contributed by atoms with Crippen LogP contribution in [0.25, 0.3) is 0 Å². The zero-order chi connectivity index (χ0) is 9.23. The van der Waals surface area contributed by atoms with Crippen molar-refractivity contribution in [1.29, 1.82) is 0 Å². The van der Waals surface area contributed by atoms with Gasteiger partial charge in [-0.05, 0) is 31.8 Å². The van der Waals surface area contributed by atoms with Gasteiger partial charge in [-0.15, -0.1) is 0 Å². The number of hydrogen-bond donors (Lipinski definition) is 1. The number of ether oxygens (including phenoxy) is 1. The smallest absolute Gasteiger partial charge is 0.0885 e. The van der Waals surface area contributed by atoms with E-state index >= 15 is 0 Å². The summed E-state index contributed by atoms with van der Waals surface area (Å²) in [4.78, 5) is 0. The molecule has 0 saturated carbocycles. The van der Waals surface area contributed by atoms with Crippen molar-refractivity contribution >= 4 is 0 Å². The van der Waals surface area contributed by atoms with E-state index in [1.54, 1.807) is 0 Å². The van der Waals surface area contributed by atoms with Crippen LogP contribution >= 0.6 is 0 Å². The lowest BCUT2D eigenvalue weighted by atomic mass is 10.1. The SMILES string of the molecule is C=COCCCNCCC(C)C. The van der Waals surface area contributed by atoms with Gasteiger partial charge in [-0.1, -0.05) is 20.4 Å². The molecule has 2 heteroatoms. The lowest BCUT2D eigenvalue weighted by molar-refractivity contribution is 0.244. The summed E-state index contributed by atoms with van der Waals surface area (Å²) in [5.74, 6) is 0.793. The maximum Gasteiger partial charge on any atom is 0.0885 e. The largest absolute Gasteiger partial charge is 0.502 e. The summed E-state index contributed by atoms with van der Waals surface area (Å²) in [7, 11) is 0. The first-order chi connectivity index (χ1) is 5.77. The Morgan fingerprint density at radius 1 is 1.42 bits per heavy atom. The van der Waals surface area contributed by atoms with E-state index in [2.05, 4.69) is 25.7 Å². The molecule has 1 N–H and O–H groups in total. The molecule has 0 bridgehead atoms. The van der Waals surface area contributed by atoms with Gasteiger partial charge in [-0.25, -0.2) is 0 Å². The third-order valence-corrected chi connectivity index (χ3v) is 1.63. The fourth-order valence-corrected chi connectivity index (χ4v) is 0.880. The van der Waals surface area contributed by atoms with Crippen LogP contribution in [0.4, 0.5) is 0 Å². The average molecular weight is 171 g/mol. The number of nitrogens with one attached hydrogen (secondary N) is 1. The molecular weight excluding hydrogens is 150 g/mol. The second kappa shape index (κ2) is 8.60. The Balaban J connectivity index is 2.86. The predicted molar refractivity (Wildman–Crippen MR) is 53.1 cm³/mol. The van der Waals surface area contributed by atoms with Gasteiger partial charge in [0, 0.05) is 0 Å². The second-order valence-corrected chi connectivity index (χ2v) is 3.32. The monoisotopic (exact) mass is 171 g/mol. The van der Waals surface area contributed by atoms with E-state index in [1.165, 1.54) is 12.7 Å². The summed E-state index contributed by atoms with van der Waals surface area (Å²) in [6.07, 6.45) is 3.81. The molecule has 2 nitrogen and oxygen atoms in total. The Morgan fingerprint density at radius 3 is 2.75 bits per heavy atom. The third-order valence-electron chi connectivity index (χ3n) is 1.63. The molecule has 0 fully saturated rings. The molecule has 0 aliphatic carbocycles. The van der Waals surface area contributed by atoms with E-state index in [0.717, 1.165) is 32.0 Å². The van der Waals surface area contributed by atoms with Gasteiger partial charge in [-0.3, -0.25) is 0 Å². The zero-order valence-electron chi connectivity index (χ0n) is 8.31. The zero-order valence-corrected chi connectivity index (χ0v) is 8.31. The van der Waals surface area contributed by atoms with Gasteiger partial charge in [0.05, 0.1) is 12.9 Å². The van der Waals surface area contributed by atoms with Crippen molar-refractivity contribution in [3.05, 3.63) is 12.8 Å². The Labute approximate surface area is 76.0 Å². The van der Waals surface area contributed by atoms with Gasteiger partial charge in [0.2, 0.25) is 0 Å². The molecule has 72 valence electrons. The van der Waals surface area contributed by atoms with Crippen LogP contribution in [0.3, 0.4) is 0 Å². The highest BCUT2D eigenvalue weighted by Crippen LogP contribution is 1.95. The summed E-state index contributed by atoms with van der Waals surface area (Å²) in [6, 6.07) is 0. The molecule has 0 amide bonds. The van der Waals surface area contributed by atoms with Crippen molar-refractivity contribution in [1.82, 2.24) is 5.32 Å². The average Bonchev–Trinajstić information content (AvgIpc) is 2.02. The van der Waals surface area contributed by atoms with Crippen molar-refractivity contribution < 1.29 is 4.74 Å². The van der Waals surface area contributed by atoms with Gasteiger partial charge in [-0.2, -0.15) is 0 Å². The number of rotatable bonds is 8. The molecule has 0 aromatic rings. The maximum atomic E-state index is 4.99. The summed E-state index contributed by atoms with van der Waals surface area (Å²) >= 11 is 0. The first-order valence-electron chi connectivity index (χ1n) is 4.70. The Hall–Kier alpha value is -0.500. The van der Waals surface area contributed by atoms with E-state index in [0.29, 0.717) is 0 Å². The highest BCUT2D eigenvalue weighted by Gasteiger charge is 1.92.